The highest BCUT2D eigenvalue weighted by atomic mass is 19.1. The summed E-state index contributed by atoms with van der Waals surface area (Å²) in [6, 6.07) is 13.1. The Kier molecular flexibility index (Phi) is 4.34. The van der Waals surface area contributed by atoms with Crippen LogP contribution in [-0.4, -0.2) is 4.98 Å². The van der Waals surface area contributed by atoms with E-state index in [-0.39, 0.29) is 0 Å². The van der Waals surface area contributed by atoms with E-state index in [1.165, 1.54) is 43.4 Å². The number of anilines is 1. The van der Waals surface area contributed by atoms with Crippen LogP contribution >= 0.6 is 0 Å². The van der Waals surface area contributed by atoms with Crippen molar-refractivity contribution in [3.63, 3.8) is 0 Å². The second-order valence-electron chi connectivity index (χ2n) is 5.70. The van der Waals surface area contributed by atoms with Crippen molar-refractivity contribution in [3.8, 4) is 6.07 Å². The van der Waals surface area contributed by atoms with Gasteiger partial charge in [0.15, 0.2) is 0 Å². The number of aromatic nitrogens is 1. The molecule has 0 bridgehead atoms. The molecule has 1 saturated carbocycles. The molecule has 1 heterocycles. The summed E-state index contributed by atoms with van der Waals surface area (Å²) in [5.74, 6) is 0.136. The van der Waals surface area contributed by atoms with Gasteiger partial charge in [-0.25, -0.2) is 4.98 Å². The van der Waals surface area contributed by atoms with E-state index in [9.17, 15) is 4.39 Å². The summed E-state index contributed by atoms with van der Waals surface area (Å²) in [6.45, 7) is 0.337. The van der Waals surface area contributed by atoms with Crippen molar-refractivity contribution in [3.05, 3.63) is 59.2 Å². The van der Waals surface area contributed by atoms with E-state index in [4.69, 9.17) is 5.26 Å². The van der Waals surface area contributed by atoms with Gasteiger partial charge in [-0.2, -0.15) is 9.65 Å². The van der Waals surface area contributed by atoms with Crippen LogP contribution in [0, 0.1) is 17.3 Å². The lowest BCUT2D eigenvalue weighted by Crippen LogP contribution is -2.05. The molecule has 0 radical (unpaired) electrons. The van der Waals surface area contributed by atoms with E-state index in [0.29, 0.717) is 23.7 Å². The van der Waals surface area contributed by atoms with Crippen LogP contribution in [0.3, 0.4) is 0 Å². The van der Waals surface area contributed by atoms with E-state index < -0.39 is 5.95 Å². The molecule has 22 heavy (non-hydrogen) atoms. The van der Waals surface area contributed by atoms with Crippen LogP contribution < -0.4 is 5.32 Å². The molecule has 1 aromatic heterocycles. The molecule has 0 unspecified atom stereocenters. The Labute approximate surface area is 129 Å². The molecule has 0 aliphatic heterocycles. The van der Waals surface area contributed by atoms with Gasteiger partial charge in [0.05, 0.1) is 17.8 Å². The molecular weight excluding hydrogens is 277 g/mol. The number of nitriles is 1. The molecule has 2 aromatic rings. The maximum Gasteiger partial charge on any atom is 0.213 e. The lowest BCUT2D eigenvalue weighted by atomic mass is 9.97. The van der Waals surface area contributed by atoms with Gasteiger partial charge in [-0.1, -0.05) is 25.0 Å². The number of hydrogen-bond acceptors (Lipinski definition) is 3. The summed E-state index contributed by atoms with van der Waals surface area (Å²) in [5.41, 5.74) is 3.18. The molecule has 1 aromatic carbocycles. The Balaban J connectivity index is 1.66. The van der Waals surface area contributed by atoms with Gasteiger partial charge >= 0.3 is 0 Å². The number of halogens is 1. The first-order chi connectivity index (χ1) is 10.8. The van der Waals surface area contributed by atoms with Gasteiger partial charge in [0, 0.05) is 5.69 Å². The zero-order valence-corrected chi connectivity index (χ0v) is 12.3. The minimum absolute atomic E-state index is 0.337. The first-order valence-electron chi connectivity index (χ1n) is 7.65. The number of hydrogen-bond donors (Lipinski definition) is 1. The quantitative estimate of drug-likeness (QED) is 0.852. The SMILES string of the molecule is N#Cc1ccc(F)nc1CNc1ccc(C2CCCC2)cc1. The third-order valence-corrected chi connectivity index (χ3v) is 4.26. The predicted octanol–water partition coefficient (Wildman–Crippen LogP) is 4.36. The van der Waals surface area contributed by atoms with Gasteiger partial charge < -0.3 is 5.32 Å². The molecule has 0 atom stereocenters. The van der Waals surface area contributed by atoms with Crippen LogP contribution in [0.1, 0.15) is 48.4 Å². The molecule has 0 saturated heterocycles. The van der Waals surface area contributed by atoms with Crippen molar-refractivity contribution in [1.82, 2.24) is 4.98 Å². The zero-order valence-electron chi connectivity index (χ0n) is 12.3. The van der Waals surface area contributed by atoms with Crippen molar-refractivity contribution < 1.29 is 4.39 Å². The minimum Gasteiger partial charge on any atom is -0.379 e. The van der Waals surface area contributed by atoms with E-state index in [1.54, 1.807) is 0 Å². The molecule has 0 spiro atoms. The third-order valence-electron chi connectivity index (χ3n) is 4.26. The average molecular weight is 295 g/mol. The largest absolute Gasteiger partial charge is 0.379 e. The summed E-state index contributed by atoms with van der Waals surface area (Å²) in [7, 11) is 0. The van der Waals surface area contributed by atoms with Crippen LogP contribution in [-0.2, 0) is 6.54 Å². The zero-order chi connectivity index (χ0) is 15.4. The van der Waals surface area contributed by atoms with Gasteiger partial charge in [0.2, 0.25) is 5.95 Å². The summed E-state index contributed by atoms with van der Waals surface area (Å²) in [6.07, 6.45) is 5.22. The monoisotopic (exact) mass is 295 g/mol. The highest BCUT2D eigenvalue weighted by Gasteiger charge is 2.16. The third kappa shape index (κ3) is 3.25. The number of rotatable bonds is 4. The van der Waals surface area contributed by atoms with Gasteiger partial charge in [-0.15, -0.1) is 0 Å². The Morgan fingerprint density at radius 3 is 2.55 bits per heavy atom. The fourth-order valence-corrected chi connectivity index (χ4v) is 3.03. The van der Waals surface area contributed by atoms with Gasteiger partial charge in [0.25, 0.3) is 0 Å². The molecule has 3 nitrogen and oxygen atoms in total. The van der Waals surface area contributed by atoms with Crippen molar-refractivity contribution >= 4 is 5.69 Å². The smallest absolute Gasteiger partial charge is 0.213 e. The molecule has 4 heteroatoms. The van der Waals surface area contributed by atoms with Crippen molar-refractivity contribution in [1.29, 1.82) is 5.26 Å². The Hall–Kier alpha value is -2.41. The van der Waals surface area contributed by atoms with Crippen molar-refractivity contribution in [2.75, 3.05) is 5.32 Å². The predicted molar refractivity (Wildman–Crippen MR) is 83.9 cm³/mol. The number of nitrogens with zero attached hydrogens (tertiary/aromatic N) is 2. The fraction of sp³-hybridized carbons (Fsp3) is 0.333. The van der Waals surface area contributed by atoms with E-state index in [2.05, 4.69) is 22.4 Å². The molecule has 112 valence electrons. The summed E-state index contributed by atoms with van der Waals surface area (Å²) >= 11 is 0. The Morgan fingerprint density at radius 2 is 1.86 bits per heavy atom. The van der Waals surface area contributed by atoms with Crippen LogP contribution in [0.4, 0.5) is 10.1 Å². The molecule has 3 rings (SSSR count). The van der Waals surface area contributed by atoms with Crippen LogP contribution in [0.15, 0.2) is 36.4 Å². The molecule has 0 amide bonds. The summed E-state index contributed by atoms with van der Waals surface area (Å²) < 4.78 is 13.2. The summed E-state index contributed by atoms with van der Waals surface area (Å²) in [5, 5.41) is 12.2. The average Bonchev–Trinajstić information content (AvgIpc) is 3.08. The first-order valence-corrected chi connectivity index (χ1v) is 7.65. The molecule has 1 aliphatic rings. The van der Waals surface area contributed by atoms with Crippen molar-refractivity contribution in [2.24, 2.45) is 0 Å². The normalized spacial score (nSPS) is 14.7. The minimum atomic E-state index is -0.563. The lowest BCUT2D eigenvalue weighted by Gasteiger charge is -2.11. The molecular formula is C18H18FN3. The second kappa shape index (κ2) is 6.57. The maximum atomic E-state index is 13.2. The Bertz CT molecular complexity index is 682. The lowest BCUT2D eigenvalue weighted by molar-refractivity contribution is 0.577. The first kappa shape index (κ1) is 14.5. The second-order valence-corrected chi connectivity index (χ2v) is 5.70. The standard InChI is InChI=1S/C18H18FN3/c19-18-10-7-15(11-20)17(22-18)12-21-16-8-5-14(6-9-16)13-3-1-2-4-13/h5-10,13,21H,1-4,12H2. The molecule has 1 aliphatic carbocycles. The van der Waals surface area contributed by atoms with E-state index in [0.717, 1.165) is 5.69 Å². The van der Waals surface area contributed by atoms with Crippen LogP contribution in [0.5, 0.6) is 0 Å². The fourth-order valence-electron chi connectivity index (χ4n) is 3.03. The van der Waals surface area contributed by atoms with Gasteiger partial charge in [0.1, 0.15) is 6.07 Å². The molecule has 1 N–H and O–H groups in total. The van der Waals surface area contributed by atoms with Gasteiger partial charge in [-0.3, -0.25) is 0 Å². The summed E-state index contributed by atoms with van der Waals surface area (Å²) in [4.78, 5) is 3.79. The topological polar surface area (TPSA) is 48.7 Å². The maximum absolute atomic E-state index is 13.2. The number of benzene rings is 1. The highest BCUT2D eigenvalue weighted by molar-refractivity contribution is 5.46. The van der Waals surface area contributed by atoms with Gasteiger partial charge in [-0.05, 0) is 48.6 Å². The number of nitrogens with one attached hydrogen (secondary N) is 1. The van der Waals surface area contributed by atoms with Crippen LogP contribution in [0.25, 0.3) is 0 Å². The molecule has 1 fully saturated rings. The van der Waals surface area contributed by atoms with Crippen LogP contribution in [0.2, 0.25) is 0 Å². The Morgan fingerprint density at radius 1 is 1.14 bits per heavy atom. The van der Waals surface area contributed by atoms with E-state index in [1.807, 2.05) is 18.2 Å². The number of pyridine rings is 1. The van der Waals surface area contributed by atoms with Crippen molar-refractivity contribution in [2.45, 2.75) is 38.1 Å². The highest BCUT2D eigenvalue weighted by Crippen LogP contribution is 2.34. The van der Waals surface area contributed by atoms with E-state index >= 15 is 0 Å².